The van der Waals surface area contributed by atoms with Gasteiger partial charge in [0, 0.05) is 50.0 Å². The molecule has 2 heterocycles. The molecule has 0 spiro atoms. The molecule has 0 unspecified atom stereocenters. The van der Waals surface area contributed by atoms with Gasteiger partial charge in [-0.25, -0.2) is 0 Å². The Labute approximate surface area is 143 Å². The molecule has 0 radical (unpaired) electrons. The zero-order valence-electron chi connectivity index (χ0n) is 14.4. The number of carbonyl (C=O) groups is 1. The minimum atomic E-state index is -0.0778. The van der Waals surface area contributed by atoms with Crippen molar-refractivity contribution in [2.45, 2.75) is 31.3 Å². The lowest BCUT2D eigenvalue weighted by Crippen LogP contribution is -2.41. The van der Waals surface area contributed by atoms with Crippen LogP contribution in [0.1, 0.15) is 29.6 Å². The van der Waals surface area contributed by atoms with Gasteiger partial charge in [0.2, 0.25) is 0 Å². The van der Waals surface area contributed by atoms with E-state index in [-0.39, 0.29) is 11.9 Å². The zero-order valence-corrected chi connectivity index (χ0v) is 14.4. The van der Waals surface area contributed by atoms with Gasteiger partial charge in [0.1, 0.15) is 11.5 Å². The summed E-state index contributed by atoms with van der Waals surface area (Å²) in [5, 5.41) is 3.14. The Morgan fingerprint density at radius 3 is 2.42 bits per heavy atom. The van der Waals surface area contributed by atoms with Gasteiger partial charge in [-0.05, 0) is 31.4 Å². The molecule has 2 aliphatic rings. The molecule has 0 aliphatic carbocycles. The highest BCUT2D eigenvalue weighted by Crippen LogP contribution is 2.24. The number of nitrogens with zero attached hydrogens (tertiary/aromatic N) is 1. The maximum Gasteiger partial charge on any atom is 0.251 e. The minimum Gasteiger partial charge on any atom is -0.497 e. The lowest BCUT2D eigenvalue weighted by atomic mass is 10.1. The minimum absolute atomic E-state index is 0.0778. The van der Waals surface area contributed by atoms with E-state index in [0.717, 1.165) is 45.6 Å². The Balaban J connectivity index is 1.59. The summed E-state index contributed by atoms with van der Waals surface area (Å²) < 4.78 is 15.9. The second kappa shape index (κ2) is 7.85. The van der Waals surface area contributed by atoms with Crippen LogP contribution in [0.15, 0.2) is 18.2 Å². The van der Waals surface area contributed by atoms with Crippen LogP contribution in [0.2, 0.25) is 0 Å². The van der Waals surface area contributed by atoms with Gasteiger partial charge in [-0.3, -0.25) is 9.69 Å². The molecule has 3 rings (SSSR count). The number of hydrogen-bond acceptors (Lipinski definition) is 5. The largest absolute Gasteiger partial charge is 0.497 e. The van der Waals surface area contributed by atoms with Crippen LogP contribution in [0.4, 0.5) is 0 Å². The highest BCUT2D eigenvalue weighted by atomic mass is 16.5. The van der Waals surface area contributed by atoms with Gasteiger partial charge in [-0.2, -0.15) is 0 Å². The summed E-state index contributed by atoms with van der Waals surface area (Å²) in [7, 11) is 3.17. The quantitative estimate of drug-likeness (QED) is 0.888. The van der Waals surface area contributed by atoms with E-state index in [1.54, 1.807) is 32.4 Å². The average Bonchev–Trinajstić information content (AvgIpc) is 3.10. The summed E-state index contributed by atoms with van der Waals surface area (Å²) in [5.41, 5.74) is 0.565. The van der Waals surface area contributed by atoms with E-state index >= 15 is 0 Å². The molecule has 1 aromatic rings. The normalized spacial score (nSPS) is 22.3. The average molecular weight is 334 g/mol. The zero-order chi connectivity index (χ0) is 16.9. The molecule has 0 aromatic heterocycles. The smallest absolute Gasteiger partial charge is 0.251 e. The fraction of sp³-hybridized carbons (Fsp3) is 0.611. The van der Waals surface area contributed by atoms with E-state index in [2.05, 4.69) is 10.2 Å². The first-order chi connectivity index (χ1) is 11.7. The third kappa shape index (κ3) is 3.99. The highest BCUT2D eigenvalue weighted by molar-refractivity contribution is 5.95. The topological polar surface area (TPSA) is 60.0 Å². The number of carbonyl (C=O) groups excluding carboxylic acids is 1. The van der Waals surface area contributed by atoms with Gasteiger partial charge in [0.15, 0.2) is 0 Å². The molecule has 6 nitrogen and oxygen atoms in total. The fourth-order valence-electron chi connectivity index (χ4n) is 3.49. The molecule has 1 aromatic carbocycles. The molecule has 1 atom stereocenters. The number of nitrogens with one attached hydrogen (secondary N) is 1. The second-order valence-corrected chi connectivity index (χ2v) is 6.40. The van der Waals surface area contributed by atoms with Crippen molar-refractivity contribution in [3.8, 4) is 11.5 Å². The maximum absolute atomic E-state index is 12.6. The lowest BCUT2D eigenvalue weighted by molar-refractivity contribution is 0.0415. The Bertz CT molecular complexity index is 550. The van der Waals surface area contributed by atoms with Crippen molar-refractivity contribution in [3.63, 3.8) is 0 Å². The van der Waals surface area contributed by atoms with Crippen LogP contribution in [0.25, 0.3) is 0 Å². The van der Waals surface area contributed by atoms with Crippen molar-refractivity contribution in [2.75, 3.05) is 40.5 Å². The summed E-state index contributed by atoms with van der Waals surface area (Å²) >= 11 is 0. The van der Waals surface area contributed by atoms with Crippen molar-refractivity contribution in [3.05, 3.63) is 23.8 Å². The second-order valence-electron chi connectivity index (χ2n) is 6.40. The van der Waals surface area contributed by atoms with Crippen molar-refractivity contribution in [2.24, 2.45) is 0 Å². The molecule has 0 saturated carbocycles. The van der Waals surface area contributed by atoms with Crippen LogP contribution < -0.4 is 14.8 Å². The summed E-state index contributed by atoms with van der Waals surface area (Å²) in [6, 6.07) is 6.03. The maximum atomic E-state index is 12.6. The molecular weight excluding hydrogens is 308 g/mol. The molecule has 1 amide bonds. The first kappa shape index (κ1) is 17.0. The standard InChI is InChI=1S/C18H26N2O4/c1-22-16-9-13(10-17(11-16)23-2)18(21)19-14-3-6-20(12-14)15-4-7-24-8-5-15/h9-11,14-15H,3-8,12H2,1-2H3,(H,19,21)/t14-/m1/s1. The molecule has 2 saturated heterocycles. The van der Waals surface area contributed by atoms with E-state index in [1.807, 2.05) is 0 Å². The number of ether oxygens (including phenoxy) is 3. The van der Waals surface area contributed by atoms with Crippen molar-refractivity contribution >= 4 is 5.91 Å². The number of amides is 1. The van der Waals surface area contributed by atoms with Gasteiger partial charge in [-0.15, -0.1) is 0 Å². The lowest BCUT2D eigenvalue weighted by Gasteiger charge is -2.31. The Kier molecular flexibility index (Phi) is 5.58. The molecule has 6 heteroatoms. The summed E-state index contributed by atoms with van der Waals surface area (Å²) in [6.07, 6.45) is 3.17. The van der Waals surface area contributed by atoms with Gasteiger partial charge in [0.05, 0.1) is 14.2 Å². The first-order valence-electron chi connectivity index (χ1n) is 8.55. The molecule has 2 fully saturated rings. The van der Waals surface area contributed by atoms with Gasteiger partial charge >= 0.3 is 0 Å². The van der Waals surface area contributed by atoms with E-state index in [1.165, 1.54) is 0 Å². The summed E-state index contributed by atoms with van der Waals surface area (Å²) in [5.74, 6) is 1.16. The predicted octanol–water partition coefficient (Wildman–Crippen LogP) is 1.69. The monoisotopic (exact) mass is 334 g/mol. The third-order valence-corrected chi connectivity index (χ3v) is 4.88. The van der Waals surface area contributed by atoms with E-state index in [9.17, 15) is 4.79 Å². The molecular formula is C18H26N2O4. The highest BCUT2D eigenvalue weighted by Gasteiger charge is 2.30. The van der Waals surface area contributed by atoms with E-state index in [4.69, 9.17) is 14.2 Å². The third-order valence-electron chi connectivity index (χ3n) is 4.88. The summed E-state index contributed by atoms with van der Waals surface area (Å²) in [6.45, 7) is 3.65. The Morgan fingerprint density at radius 2 is 1.79 bits per heavy atom. The Hall–Kier alpha value is -1.79. The van der Waals surface area contributed by atoms with Gasteiger partial charge < -0.3 is 19.5 Å². The molecule has 24 heavy (non-hydrogen) atoms. The van der Waals surface area contributed by atoms with Crippen LogP contribution in [0, 0.1) is 0 Å². The van der Waals surface area contributed by atoms with Gasteiger partial charge in [0.25, 0.3) is 5.91 Å². The molecule has 132 valence electrons. The number of benzene rings is 1. The number of rotatable bonds is 5. The molecule has 2 aliphatic heterocycles. The molecule has 0 bridgehead atoms. The van der Waals surface area contributed by atoms with Crippen LogP contribution in [-0.2, 0) is 4.74 Å². The SMILES string of the molecule is COc1cc(OC)cc(C(=O)N[C@@H]2CCN(C3CCOCC3)C2)c1. The summed E-state index contributed by atoms with van der Waals surface area (Å²) in [4.78, 5) is 15.0. The number of hydrogen-bond donors (Lipinski definition) is 1. The van der Waals surface area contributed by atoms with Crippen molar-refractivity contribution < 1.29 is 19.0 Å². The van der Waals surface area contributed by atoms with Crippen LogP contribution in [-0.4, -0.2) is 63.4 Å². The van der Waals surface area contributed by atoms with Crippen molar-refractivity contribution in [1.29, 1.82) is 0 Å². The number of likely N-dealkylation sites (tertiary alicyclic amines) is 1. The first-order valence-corrected chi connectivity index (χ1v) is 8.55. The van der Waals surface area contributed by atoms with Crippen LogP contribution in [0.5, 0.6) is 11.5 Å². The van der Waals surface area contributed by atoms with Crippen LogP contribution >= 0.6 is 0 Å². The fourth-order valence-corrected chi connectivity index (χ4v) is 3.49. The molecule has 1 N–H and O–H groups in total. The van der Waals surface area contributed by atoms with Gasteiger partial charge in [-0.1, -0.05) is 0 Å². The Morgan fingerprint density at radius 1 is 1.12 bits per heavy atom. The van der Waals surface area contributed by atoms with Crippen LogP contribution in [0.3, 0.4) is 0 Å². The van der Waals surface area contributed by atoms with Crippen molar-refractivity contribution in [1.82, 2.24) is 10.2 Å². The predicted molar refractivity (Wildman–Crippen MR) is 90.8 cm³/mol. The van der Waals surface area contributed by atoms with E-state index in [0.29, 0.717) is 23.1 Å². The van der Waals surface area contributed by atoms with E-state index < -0.39 is 0 Å². The number of methoxy groups -OCH3 is 2.